The van der Waals surface area contributed by atoms with Crippen molar-refractivity contribution in [3.05, 3.63) is 35.1 Å². The Labute approximate surface area is 145 Å². The average Bonchev–Trinajstić information content (AvgIpc) is 2.57. The number of esters is 1. The van der Waals surface area contributed by atoms with Crippen molar-refractivity contribution in [2.75, 3.05) is 21.3 Å². The number of aliphatic hydroxyl groups is 1. The Morgan fingerprint density at radius 1 is 1.20 bits per heavy atom. The van der Waals surface area contributed by atoms with E-state index in [0.717, 1.165) is 0 Å². The SMILES string of the molecule is COc1ccc(/C=C/C(=O)C2=C(O)CC(C)OC2=O)c(OC)c1OC. The maximum atomic E-state index is 12.3. The van der Waals surface area contributed by atoms with Gasteiger partial charge in [0.15, 0.2) is 17.3 Å². The van der Waals surface area contributed by atoms with E-state index in [-0.39, 0.29) is 17.8 Å². The fraction of sp³-hybridized carbons (Fsp3) is 0.333. The van der Waals surface area contributed by atoms with Crippen molar-refractivity contribution in [1.82, 2.24) is 0 Å². The summed E-state index contributed by atoms with van der Waals surface area (Å²) in [4.78, 5) is 24.1. The summed E-state index contributed by atoms with van der Waals surface area (Å²) in [6.07, 6.45) is 2.29. The topological polar surface area (TPSA) is 91.3 Å². The highest BCUT2D eigenvalue weighted by Crippen LogP contribution is 2.40. The normalized spacial score (nSPS) is 17.4. The molecular weight excluding hydrogens is 328 g/mol. The van der Waals surface area contributed by atoms with Crippen LogP contribution in [0.3, 0.4) is 0 Å². The molecule has 0 aromatic heterocycles. The number of ether oxygens (including phenoxy) is 4. The Hall–Kier alpha value is -2.96. The highest BCUT2D eigenvalue weighted by Gasteiger charge is 2.30. The number of carbonyl (C=O) groups excluding carboxylic acids is 2. The number of hydrogen-bond donors (Lipinski definition) is 1. The molecule has 0 radical (unpaired) electrons. The van der Waals surface area contributed by atoms with Crippen molar-refractivity contribution in [2.45, 2.75) is 19.4 Å². The number of cyclic esters (lactones) is 1. The summed E-state index contributed by atoms with van der Waals surface area (Å²) in [5.41, 5.74) is 0.194. The summed E-state index contributed by atoms with van der Waals surface area (Å²) in [5.74, 6) is -0.501. The van der Waals surface area contributed by atoms with Crippen LogP contribution < -0.4 is 14.2 Å². The zero-order valence-corrected chi connectivity index (χ0v) is 14.5. The molecule has 0 saturated carbocycles. The van der Waals surface area contributed by atoms with Gasteiger partial charge >= 0.3 is 5.97 Å². The molecule has 0 spiro atoms. The second-order valence-corrected chi connectivity index (χ2v) is 5.36. The summed E-state index contributed by atoms with van der Waals surface area (Å²) < 4.78 is 20.8. The van der Waals surface area contributed by atoms with Gasteiger partial charge in [-0.1, -0.05) is 0 Å². The van der Waals surface area contributed by atoms with Crippen LogP contribution in [0.25, 0.3) is 6.08 Å². The van der Waals surface area contributed by atoms with Gasteiger partial charge in [-0.2, -0.15) is 0 Å². The second-order valence-electron chi connectivity index (χ2n) is 5.36. The Morgan fingerprint density at radius 2 is 1.88 bits per heavy atom. The van der Waals surface area contributed by atoms with E-state index in [0.29, 0.717) is 22.8 Å². The van der Waals surface area contributed by atoms with E-state index < -0.39 is 17.9 Å². The minimum absolute atomic E-state index is 0.111. The van der Waals surface area contributed by atoms with Gasteiger partial charge in [-0.3, -0.25) is 4.79 Å². The van der Waals surface area contributed by atoms with Crippen LogP contribution in [-0.4, -0.2) is 44.3 Å². The predicted octanol–water partition coefficient (Wildman–Crippen LogP) is 2.44. The summed E-state index contributed by atoms with van der Waals surface area (Å²) in [7, 11) is 4.44. The number of carbonyl (C=O) groups is 2. The van der Waals surface area contributed by atoms with Crippen molar-refractivity contribution in [3.8, 4) is 17.2 Å². The van der Waals surface area contributed by atoms with E-state index in [1.54, 1.807) is 19.1 Å². The van der Waals surface area contributed by atoms with E-state index in [2.05, 4.69) is 0 Å². The van der Waals surface area contributed by atoms with Gasteiger partial charge in [0, 0.05) is 12.0 Å². The quantitative estimate of drug-likeness (QED) is 0.479. The third-order valence-electron chi connectivity index (χ3n) is 3.68. The van der Waals surface area contributed by atoms with Gasteiger partial charge in [0.05, 0.1) is 21.3 Å². The molecule has 134 valence electrons. The third-order valence-corrected chi connectivity index (χ3v) is 3.68. The molecular formula is C18H20O7. The zero-order valence-electron chi connectivity index (χ0n) is 14.5. The number of methoxy groups -OCH3 is 3. The van der Waals surface area contributed by atoms with Crippen LogP contribution >= 0.6 is 0 Å². The molecule has 1 heterocycles. The highest BCUT2D eigenvalue weighted by atomic mass is 16.5. The molecule has 7 nitrogen and oxygen atoms in total. The maximum Gasteiger partial charge on any atom is 0.345 e. The molecule has 0 aliphatic carbocycles. The van der Waals surface area contributed by atoms with Crippen LogP contribution in [0, 0.1) is 0 Å². The number of allylic oxidation sites excluding steroid dienone is 1. The number of ketones is 1. The molecule has 0 saturated heterocycles. The lowest BCUT2D eigenvalue weighted by molar-refractivity contribution is -0.146. The highest BCUT2D eigenvalue weighted by molar-refractivity contribution is 6.23. The van der Waals surface area contributed by atoms with Crippen LogP contribution in [0.5, 0.6) is 17.2 Å². The molecule has 2 rings (SSSR count). The van der Waals surface area contributed by atoms with E-state index in [1.807, 2.05) is 0 Å². The van der Waals surface area contributed by atoms with Gasteiger partial charge in [0.25, 0.3) is 0 Å². The van der Waals surface area contributed by atoms with Gasteiger partial charge in [0.1, 0.15) is 17.4 Å². The molecule has 0 bridgehead atoms. The fourth-order valence-electron chi connectivity index (χ4n) is 2.52. The fourth-order valence-corrected chi connectivity index (χ4v) is 2.52. The first kappa shape index (κ1) is 18.4. The first-order chi connectivity index (χ1) is 11.9. The van der Waals surface area contributed by atoms with E-state index >= 15 is 0 Å². The molecule has 1 aliphatic heterocycles. The zero-order chi connectivity index (χ0) is 18.6. The molecule has 1 aromatic rings. The van der Waals surface area contributed by atoms with Gasteiger partial charge in [0.2, 0.25) is 5.75 Å². The predicted molar refractivity (Wildman–Crippen MR) is 90.0 cm³/mol. The smallest absolute Gasteiger partial charge is 0.345 e. The third kappa shape index (κ3) is 3.76. The summed E-state index contributed by atoms with van der Waals surface area (Å²) in [5, 5.41) is 9.89. The van der Waals surface area contributed by atoms with E-state index in [9.17, 15) is 14.7 Å². The minimum Gasteiger partial charge on any atom is -0.511 e. The van der Waals surface area contributed by atoms with Crippen molar-refractivity contribution < 1.29 is 33.6 Å². The molecule has 1 aromatic carbocycles. The number of rotatable bonds is 6. The van der Waals surface area contributed by atoms with Crippen molar-refractivity contribution >= 4 is 17.8 Å². The first-order valence-electron chi connectivity index (χ1n) is 7.57. The Kier molecular flexibility index (Phi) is 5.69. The van der Waals surface area contributed by atoms with Gasteiger partial charge in [-0.25, -0.2) is 4.79 Å². The standard InChI is InChI=1S/C18H20O7/c1-10-9-13(20)15(18(21)25-10)12(19)7-5-11-6-8-14(22-2)17(24-4)16(11)23-3/h5-8,10,20H,9H2,1-4H3/b7-5+. The van der Waals surface area contributed by atoms with Crippen LogP contribution in [-0.2, 0) is 14.3 Å². The molecule has 1 aliphatic rings. The first-order valence-corrected chi connectivity index (χ1v) is 7.57. The van der Waals surface area contributed by atoms with Crippen LogP contribution in [0.1, 0.15) is 18.9 Å². The maximum absolute atomic E-state index is 12.3. The minimum atomic E-state index is -0.829. The number of hydrogen-bond acceptors (Lipinski definition) is 7. The Morgan fingerprint density at radius 3 is 2.44 bits per heavy atom. The number of benzene rings is 1. The largest absolute Gasteiger partial charge is 0.511 e. The molecule has 1 atom stereocenters. The van der Waals surface area contributed by atoms with Crippen LogP contribution in [0.4, 0.5) is 0 Å². The summed E-state index contributed by atoms with van der Waals surface area (Å²) >= 11 is 0. The van der Waals surface area contributed by atoms with Gasteiger partial charge in [-0.15, -0.1) is 0 Å². The second kappa shape index (κ2) is 7.74. The van der Waals surface area contributed by atoms with Crippen molar-refractivity contribution in [2.24, 2.45) is 0 Å². The monoisotopic (exact) mass is 348 g/mol. The summed E-state index contributed by atoms with van der Waals surface area (Å²) in [6.45, 7) is 1.64. The number of aliphatic hydroxyl groups excluding tert-OH is 1. The molecule has 1 unspecified atom stereocenters. The lowest BCUT2D eigenvalue weighted by Crippen LogP contribution is -2.27. The van der Waals surface area contributed by atoms with Crippen molar-refractivity contribution in [3.63, 3.8) is 0 Å². The van der Waals surface area contributed by atoms with E-state index in [1.165, 1.54) is 33.5 Å². The van der Waals surface area contributed by atoms with E-state index in [4.69, 9.17) is 18.9 Å². The Bertz CT molecular complexity index is 746. The molecule has 1 N–H and O–H groups in total. The van der Waals surface area contributed by atoms with Crippen molar-refractivity contribution in [1.29, 1.82) is 0 Å². The van der Waals surface area contributed by atoms with Gasteiger partial charge in [-0.05, 0) is 31.2 Å². The summed E-state index contributed by atoms with van der Waals surface area (Å²) in [6, 6.07) is 3.35. The van der Waals surface area contributed by atoms with Crippen LogP contribution in [0.15, 0.2) is 29.5 Å². The average molecular weight is 348 g/mol. The molecule has 25 heavy (non-hydrogen) atoms. The van der Waals surface area contributed by atoms with Crippen LogP contribution in [0.2, 0.25) is 0 Å². The van der Waals surface area contributed by atoms with Gasteiger partial charge < -0.3 is 24.1 Å². The molecule has 0 fully saturated rings. The lowest BCUT2D eigenvalue weighted by atomic mass is 10.0. The lowest BCUT2D eigenvalue weighted by Gasteiger charge is -2.20. The molecule has 7 heteroatoms. The molecule has 0 amide bonds. The Balaban J connectivity index is 2.35.